The fourth-order valence-electron chi connectivity index (χ4n) is 3.27. The molecule has 1 saturated heterocycles. The van der Waals surface area contributed by atoms with Crippen molar-refractivity contribution in [2.75, 3.05) is 19.6 Å². The predicted molar refractivity (Wildman–Crippen MR) is 91.7 cm³/mol. The molecule has 7 heteroatoms. The molecule has 0 spiro atoms. The maximum absolute atomic E-state index is 12.5. The van der Waals surface area contributed by atoms with Crippen molar-refractivity contribution in [2.45, 2.75) is 51.6 Å². The molecule has 132 valence electrons. The van der Waals surface area contributed by atoms with Crippen LogP contribution < -0.4 is 4.72 Å². The number of aryl methyl sites for hydroxylation is 2. The van der Waals surface area contributed by atoms with Gasteiger partial charge in [0.25, 0.3) is 10.0 Å². The zero-order valence-electron chi connectivity index (χ0n) is 15.1. The lowest BCUT2D eigenvalue weighted by Gasteiger charge is -2.45. The average molecular weight is 343 g/mol. The molecule has 2 unspecified atom stereocenters. The van der Waals surface area contributed by atoms with Crippen LogP contribution in [-0.2, 0) is 17.1 Å². The minimum Gasteiger partial charge on any atom is -0.337 e. The number of nitrogens with one attached hydrogen (secondary N) is 1. The molecule has 1 fully saturated rings. The van der Waals surface area contributed by atoms with E-state index < -0.39 is 10.0 Å². The van der Waals surface area contributed by atoms with Crippen LogP contribution in [-0.4, -0.2) is 48.0 Å². The van der Waals surface area contributed by atoms with Crippen LogP contribution in [0.3, 0.4) is 0 Å². The summed E-state index contributed by atoms with van der Waals surface area (Å²) in [6, 6.07) is 0. The van der Waals surface area contributed by atoms with Crippen LogP contribution in [0.2, 0.25) is 0 Å². The second kappa shape index (κ2) is 6.53. The van der Waals surface area contributed by atoms with Gasteiger partial charge in [0.15, 0.2) is 5.03 Å². The fourth-order valence-corrected chi connectivity index (χ4v) is 4.51. The predicted octanol–water partition coefficient (Wildman–Crippen LogP) is 1.76. The topological polar surface area (TPSA) is 67.2 Å². The van der Waals surface area contributed by atoms with E-state index in [1.807, 2.05) is 0 Å². The third-order valence-corrected chi connectivity index (χ3v) is 6.05. The van der Waals surface area contributed by atoms with E-state index in [1.165, 1.54) is 6.42 Å². The summed E-state index contributed by atoms with van der Waals surface area (Å²) >= 11 is 0. The first-order valence-electron chi connectivity index (χ1n) is 8.26. The summed E-state index contributed by atoms with van der Waals surface area (Å²) in [4.78, 5) is 6.52. The third-order valence-electron chi connectivity index (χ3n) is 4.78. The molecule has 0 saturated carbocycles. The van der Waals surface area contributed by atoms with Crippen molar-refractivity contribution in [3.05, 3.63) is 12.0 Å². The van der Waals surface area contributed by atoms with Gasteiger partial charge in [0.2, 0.25) is 0 Å². The van der Waals surface area contributed by atoms with Crippen molar-refractivity contribution in [1.29, 1.82) is 0 Å². The van der Waals surface area contributed by atoms with Crippen LogP contribution >= 0.6 is 0 Å². The first-order valence-corrected chi connectivity index (χ1v) is 9.74. The number of piperidine rings is 1. The maximum atomic E-state index is 12.5. The SMILES string of the molecule is Cc1nc(S(=O)(=O)NCC(C)(C)N2CC(C)CC(C)C2)cn1C. The van der Waals surface area contributed by atoms with Gasteiger partial charge in [-0.15, -0.1) is 0 Å². The summed E-state index contributed by atoms with van der Waals surface area (Å²) in [6.45, 7) is 12.9. The Morgan fingerprint density at radius 2 is 1.87 bits per heavy atom. The Morgan fingerprint density at radius 3 is 2.35 bits per heavy atom. The van der Waals surface area contributed by atoms with Crippen molar-refractivity contribution >= 4 is 10.0 Å². The van der Waals surface area contributed by atoms with Gasteiger partial charge in [0.05, 0.1) is 0 Å². The number of aromatic nitrogens is 2. The molecule has 1 aliphatic rings. The lowest BCUT2D eigenvalue weighted by Crippen LogP contribution is -2.56. The first kappa shape index (κ1) is 18.4. The summed E-state index contributed by atoms with van der Waals surface area (Å²) < 4.78 is 29.4. The molecule has 0 aromatic carbocycles. The second-order valence-electron chi connectivity index (χ2n) is 7.73. The standard InChI is InChI=1S/C16H30N4O2S/c1-12-7-13(2)9-20(8-12)16(4,5)11-17-23(21,22)15-10-19(6)14(3)18-15/h10,12-13,17H,7-9,11H2,1-6H3. The number of rotatable bonds is 5. The summed E-state index contributed by atoms with van der Waals surface area (Å²) in [5.74, 6) is 1.98. The van der Waals surface area contributed by atoms with Gasteiger partial charge in [-0.1, -0.05) is 13.8 Å². The molecule has 0 amide bonds. The molecule has 23 heavy (non-hydrogen) atoms. The van der Waals surface area contributed by atoms with Crippen LogP contribution in [0.15, 0.2) is 11.2 Å². The van der Waals surface area contributed by atoms with E-state index in [9.17, 15) is 8.42 Å². The quantitative estimate of drug-likeness (QED) is 0.885. The molecule has 0 bridgehead atoms. The fraction of sp³-hybridized carbons (Fsp3) is 0.812. The van der Waals surface area contributed by atoms with Crippen LogP contribution in [0.25, 0.3) is 0 Å². The van der Waals surface area contributed by atoms with Gasteiger partial charge >= 0.3 is 0 Å². The molecule has 1 N–H and O–H groups in total. The molecule has 2 rings (SSSR count). The number of hydrogen-bond donors (Lipinski definition) is 1. The summed E-state index contributed by atoms with van der Waals surface area (Å²) in [5.41, 5.74) is -0.222. The molecular formula is C16H30N4O2S. The Hall–Kier alpha value is -0.920. The lowest BCUT2D eigenvalue weighted by atomic mass is 9.88. The first-order chi connectivity index (χ1) is 10.5. The summed E-state index contributed by atoms with van der Waals surface area (Å²) in [7, 11) is -1.78. The van der Waals surface area contributed by atoms with Crippen LogP contribution in [0.5, 0.6) is 0 Å². The Labute approximate surface area is 140 Å². The van der Waals surface area contributed by atoms with E-state index in [0.717, 1.165) is 13.1 Å². The highest BCUT2D eigenvalue weighted by Gasteiger charge is 2.34. The lowest BCUT2D eigenvalue weighted by molar-refractivity contribution is 0.0489. The van der Waals surface area contributed by atoms with Crippen molar-refractivity contribution in [3.63, 3.8) is 0 Å². The largest absolute Gasteiger partial charge is 0.337 e. The second-order valence-corrected chi connectivity index (χ2v) is 9.44. The Bertz CT molecular complexity index is 622. The van der Waals surface area contributed by atoms with Gasteiger partial charge in [-0.25, -0.2) is 18.1 Å². The van der Waals surface area contributed by atoms with E-state index in [2.05, 4.69) is 42.3 Å². The molecule has 0 aliphatic carbocycles. The maximum Gasteiger partial charge on any atom is 0.259 e. The normalized spacial score (nSPS) is 24.1. The van der Waals surface area contributed by atoms with Gasteiger partial charge in [-0.05, 0) is 39.0 Å². The number of imidazole rings is 1. The zero-order chi connectivity index (χ0) is 17.4. The number of hydrogen-bond acceptors (Lipinski definition) is 4. The van der Waals surface area contributed by atoms with E-state index in [-0.39, 0.29) is 10.6 Å². The van der Waals surface area contributed by atoms with Crippen molar-refractivity contribution in [2.24, 2.45) is 18.9 Å². The minimum absolute atomic E-state index is 0.0914. The van der Waals surface area contributed by atoms with E-state index in [4.69, 9.17) is 0 Å². The van der Waals surface area contributed by atoms with E-state index in [1.54, 1.807) is 24.7 Å². The molecule has 1 aromatic rings. The molecular weight excluding hydrogens is 312 g/mol. The number of nitrogens with zero attached hydrogens (tertiary/aromatic N) is 3. The average Bonchev–Trinajstić information content (AvgIpc) is 2.77. The highest BCUT2D eigenvalue weighted by atomic mass is 32.2. The smallest absolute Gasteiger partial charge is 0.259 e. The Balaban J connectivity index is 2.06. The number of sulfonamides is 1. The molecule has 1 aliphatic heterocycles. The summed E-state index contributed by atoms with van der Waals surface area (Å²) in [5, 5.41) is 0.0914. The third kappa shape index (κ3) is 4.33. The highest BCUT2D eigenvalue weighted by molar-refractivity contribution is 7.89. The molecule has 2 atom stereocenters. The molecule has 6 nitrogen and oxygen atoms in total. The van der Waals surface area contributed by atoms with Gasteiger partial charge in [-0.3, -0.25) is 4.90 Å². The number of likely N-dealkylation sites (tertiary alicyclic amines) is 1. The molecule has 0 radical (unpaired) electrons. The van der Waals surface area contributed by atoms with Crippen LogP contribution in [0, 0.1) is 18.8 Å². The van der Waals surface area contributed by atoms with Gasteiger partial charge in [0.1, 0.15) is 5.82 Å². The van der Waals surface area contributed by atoms with Gasteiger partial charge in [0, 0.05) is 38.4 Å². The monoisotopic (exact) mass is 342 g/mol. The zero-order valence-corrected chi connectivity index (χ0v) is 15.9. The van der Waals surface area contributed by atoms with Crippen LogP contribution in [0.4, 0.5) is 0 Å². The highest BCUT2D eigenvalue weighted by Crippen LogP contribution is 2.27. The molecule has 1 aromatic heterocycles. The van der Waals surface area contributed by atoms with E-state index >= 15 is 0 Å². The van der Waals surface area contributed by atoms with E-state index in [0.29, 0.717) is 24.2 Å². The Morgan fingerprint density at radius 1 is 1.30 bits per heavy atom. The molecule has 2 heterocycles. The van der Waals surface area contributed by atoms with Crippen LogP contribution in [0.1, 0.15) is 39.9 Å². The van der Waals surface area contributed by atoms with Crippen molar-refractivity contribution in [3.8, 4) is 0 Å². The Kier molecular flexibility index (Phi) is 5.23. The summed E-state index contributed by atoms with van der Waals surface area (Å²) in [6.07, 6.45) is 2.79. The minimum atomic E-state index is -3.57. The van der Waals surface area contributed by atoms with Crippen molar-refractivity contribution < 1.29 is 8.42 Å². The van der Waals surface area contributed by atoms with Gasteiger partial charge < -0.3 is 4.57 Å². The van der Waals surface area contributed by atoms with Crippen molar-refractivity contribution in [1.82, 2.24) is 19.2 Å². The van der Waals surface area contributed by atoms with Gasteiger partial charge in [-0.2, -0.15) is 0 Å².